The van der Waals surface area contributed by atoms with Crippen molar-refractivity contribution in [3.63, 3.8) is 0 Å². The summed E-state index contributed by atoms with van der Waals surface area (Å²) in [6.07, 6.45) is 0. The Morgan fingerprint density at radius 1 is 1.40 bits per heavy atom. The number of likely N-dealkylation sites (tertiary alicyclic amines) is 1. The molecule has 0 aromatic heterocycles. The lowest BCUT2D eigenvalue weighted by Crippen LogP contribution is -2.55. The summed E-state index contributed by atoms with van der Waals surface area (Å²) in [4.78, 5) is 2.03. The number of rotatable bonds is 6. The van der Waals surface area contributed by atoms with E-state index in [1.54, 1.807) is 12.1 Å². The quantitative estimate of drug-likeness (QED) is 0.625. The summed E-state index contributed by atoms with van der Waals surface area (Å²) in [5.74, 6) is 0. The molecule has 5 nitrogen and oxygen atoms in total. The Morgan fingerprint density at radius 2 is 2.00 bits per heavy atom. The molecule has 1 fully saturated rings. The third-order valence-corrected chi connectivity index (χ3v) is 4.89. The molecule has 1 N–H and O–H groups in total. The van der Waals surface area contributed by atoms with Gasteiger partial charge in [-0.2, -0.15) is 8.42 Å². The van der Waals surface area contributed by atoms with Gasteiger partial charge in [0.2, 0.25) is 0 Å². The predicted molar refractivity (Wildman–Crippen MR) is 76.4 cm³/mol. The van der Waals surface area contributed by atoms with Gasteiger partial charge >= 0.3 is 0 Å². The van der Waals surface area contributed by atoms with E-state index in [0.717, 1.165) is 5.56 Å². The molecule has 20 heavy (non-hydrogen) atoms. The molecule has 0 bridgehead atoms. The van der Waals surface area contributed by atoms with Crippen LogP contribution in [-0.4, -0.2) is 56.1 Å². The molecule has 0 radical (unpaired) electrons. The highest BCUT2D eigenvalue weighted by atomic mass is 35.5. The first-order chi connectivity index (χ1) is 9.42. The molecular formula is C13H18ClNO4S. The highest BCUT2D eigenvalue weighted by Gasteiger charge is 2.31. The smallest absolute Gasteiger partial charge is 0.297 e. The maximum Gasteiger partial charge on any atom is 0.297 e. The summed E-state index contributed by atoms with van der Waals surface area (Å²) in [5, 5.41) is 9.36. The average Bonchev–Trinajstić information content (AvgIpc) is 2.37. The van der Waals surface area contributed by atoms with E-state index in [4.69, 9.17) is 15.8 Å². The zero-order valence-corrected chi connectivity index (χ0v) is 12.8. The van der Waals surface area contributed by atoms with Crippen LogP contribution in [-0.2, 0) is 14.3 Å². The van der Waals surface area contributed by atoms with Crippen molar-refractivity contribution in [2.45, 2.75) is 23.2 Å². The summed E-state index contributed by atoms with van der Waals surface area (Å²) >= 11 is 5.86. The Kier molecular flexibility index (Phi) is 5.04. The number of halogens is 1. The molecule has 112 valence electrons. The molecule has 7 heteroatoms. The molecule has 1 aromatic carbocycles. The number of benzene rings is 1. The number of aliphatic hydroxyl groups is 1. The maximum absolute atomic E-state index is 12.0. The van der Waals surface area contributed by atoms with Crippen molar-refractivity contribution >= 4 is 21.7 Å². The summed E-state index contributed by atoms with van der Waals surface area (Å²) in [6.45, 7) is 2.93. The van der Waals surface area contributed by atoms with E-state index in [1.165, 1.54) is 12.1 Å². The number of hydrogen-bond acceptors (Lipinski definition) is 5. The van der Waals surface area contributed by atoms with E-state index >= 15 is 0 Å². The van der Waals surface area contributed by atoms with E-state index in [9.17, 15) is 13.5 Å². The standard InChI is InChI=1S/C13H18ClNO4S/c1-10-2-4-13(5-3-10)20(17,18)19-9-12(8-16)15-6-11(14)7-15/h2-5,11-12,16H,6-9H2,1H3. The number of aliphatic hydroxyl groups excluding tert-OH is 1. The summed E-state index contributed by atoms with van der Waals surface area (Å²) in [6, 6.07) is 6.11. The van der Waals surface area contributed by atoms with Crippen LogP contribution in [0.1, 0.15) is 5.56 Å². The number of hydrogen-bond donors (Lipinski definition) is 1. The number of aryl methyl sites for hydroxylation is 1. The predicted octanol–water partition coefficient (Wildman–Crippen LogP) is 0.984. The molecule has 0 saturated carbocycles. The molecule has 1 saturated heterocycles. The Hall–Kier alpha value is -0.660. The first-order valence-electron chi connectivity index (χ1n) is 6.37. The third-order valence-electron chi connectivity index (χ3n) is 3.32. The van der Waals surface area contributed by atoms with Gasteiger partial charge in [-0.25, -0.2) is 0 Å². The molecule has 1 unspecified atom stereocenters. The van der Waals surface area contributed by atoms with Crippen LogP contribution >= 0.6 is 11.6 Å². The summed E-state index contributed by atoms with van der Waals surface area (Å²) in [7, 11) is -3.78. The van der Waals surface area contributed by atoms with Crippen molar-refractivity contribution in [1.82, 2.24) is 4.90 Å². The van der Waals surface area contributed by atoms with Gasteiger partial charge in [0.05, 0.1) is 29.5 Å². The minimum absolute atomic E-state index is 0.0674. The fourth-order valence-electron chi connectivity index (χ4n) is 1.97. The minimum atomic E-state index is -3.78. The first kappa shape index (κ1) is 15.7. The normalized spacial score (nSPS) is 18.8. The molecule has 1 atom stereocenters. The fraction of sp³-hybridized carbons (Fsp3) is 0.538. The highest BCUT2D eigenvalue weighted by molar-refractivity contribution is 7.86. The lowest BCUT2D eigenvalue weighted by molar-refractivity contribution is 0.0461. The SMILES string of the molecule is Cc1ccc(S(=O)(=O)OCC(CO)N2CC(Cl)C2)cc1. The van der Waals surface area contributed by atoms with Gasteiger partial charge < -0.3 is 5.11 Å². The number of alkyl halides is 1. The molecule has 1 aliphatic heterocycles. The minimum Gasteiger partial charge on any atom is -0.395 e. The maximum atomic E-state index is 12.0. The van der Waals surface area contributed by atoms with Gasteiger partial charge in [0, 0.05) is 13.1 Å². The second-order valence-corrected chi connectivity index (χ2v) is 7.17. The van der Waals surface area contributed by atoms with Crippen molar-refractivity contribution in [3.05, 3.63) is 29.8 Å². The Labute approximate surface area is 124 Å². The summed E-state index contributed by atoms with van der Waals surface area (Å²) in [5.41, 5.74) is 0.978. The van der Waals surface area contributed by atoms with Crippen molar-refractivity contribution in [1.29, 1.82) is 0 Å². The third kappa shape index (κ3) is 3.71. The van der Waals surface area contributed by atoms with Crippen LogP contribution in [0.5, 0.6) is 0 Å². The molecule has 1 aromatic rings. The van der Waals surface area contributed by atoms with Gasteiger partial charge in [-0.15, -0.1) is 11.6 Å². The van der Waals surface area contributed by atoms with Crippen LogP contribution in [0, 0.1) is 6.92 Å². The van der Waals surface area contributed by atoms with Gasteiger partial charge in [-0.05, 0) is 19.1 Å². The Bertz CT molecular complexity index is 540. The van der Waals surface area contributed by atoms with E-state index in [0.29, 0.717) is 13.1 Å². The zero-order chi connectivity index (χ0) is 14.8. The van der Waals surface area contributed by atoms with Crippen LogP contribution in [0.25, 0.3) is 0 Å². The van der Waals surface area contributed by atoms with Gasteiger partial charge in [0.15, 0.2) is 0 Å². The summed E-state index contributed by atoms with van der Waals surface area (Å²) < 4.78 is 29.0. The Balaban J connectivity index is 1.96. The molecule has 1 heterocycles. The van der Waals surface area contributed by atoms with Crippen LogP contribution in [0.4, 0.5) is 0 Å². The van der Waals surface area contributed by atoms with E-state index in [1.807, 2.05) is 11.8 Å². The number of nitrogens with zero attached hydrogens (tertiary/aromatic N) is 1. The molecular weight excluding hydrogens is 302 g/mol. The van der Waals surface area contributed by atoms with Crippen molar-refractivity contribution in [2.75, 3.05) is 26.3 Å². The topological polar surface area (TPSA) is 66.8 Å². The van der Waals surface area contributed by atoms with Crippen LogP contribution < -0.4 is 0 Å². The average molecular weight is 320 g/mol. The first-order valence-corrected chi connectivity index (χ1v) is 8.22. The zero-order valence-electron chi connectivity index (χ0n) is 11.2. The van der Waals surface area contributed by atoms with Gasteiger partial charge in [0.1, 0.15) is 0 Å². The molecule has 0 amide bonds. The highest BCUT2D eigenvalue weighted by Crippen LogP contribution is 2.19. The second-order valence-electron chi connectivity index (χ2n) is 4.94. The van der Waals surface area contributed by atoms with E-state index in [2.05, 4.69) is 0 Å². The van der Waals surface area contributed by atoms with Gasteiger partial charge in [0.25, 0.3) is 10.1 Å². The second kappa shape index (κ2) is 6.41. The molecule has 0 aliphatic carbocycles. The van der Waals surface area contributed by atoms with Crippen molar-refractivity contribution in [2.24, 2.45) is 0 Å². The lowest BCUT2D eigenvalue weighted by atomic mass is 10.1. The molecule has 2 rings (SSSR count). The monoisotopic (exact) mass is 319 g/mol. The van der Waals surface area contributed by atoms with Crippen molar-refractivity contribution < 1.29 is 17.7 Å². The fourth-order valence-corrected chi connectivity index (χ4v) is 3.26. The van der Waals surface area contributed by atoms with E-state index < -0.39 is 10.1 Å². The van der Waals surface area contributed by atoms with Crippen LogP contribution in [0.2, 0.25) is 0 Å². The van der Waals surface area contributed by atoms with Crippen molar-refractivity contribution in [3.8, 4) is 0 Å². The Morgan fingerprint density at radius 3 is 2.50 bits per heavy atom. The van der Waals surface area contributed by atoms with Gasteiger partial charge in [-0.3, -0.25) is 9.08 Å². The van der Waals surface area contributed by atoms with Crippen LogP contribution in [0.3, 0.4) is 0 Å². The van der Waals surface area contributed by atoms with E-state index in [-0.39, 0.29) is 29.5 Å². The van der Waals surface area contributed by atoms with Gasteiger partial charge in [-0.1, -0.05) is 17.7 Å². The van der Waals surface area contributed by atoms with Crippen LogP contribution in [0.15, 0.2) is 29.2 Å². The lowest BCUT2D eigenvalue weighted by Gasteiger charge is -2.40. The molecule has 0 spiro atoms. The molecule has 1 aliphatic rings. The largest absolute Gasteiger partial charge is 0.395 e.